The van der Waals surface area contributed by atoms with Crippen LogP contribution in [0.2, 0.25) is 0 Å². The molecule has 1 saturated heterocycles. The normalized spacial score (nSPS) is 18.7. The van der Waals surface area contributed by atoms with Crippen molar-refractivity contribution in [1.29, 1.82) is 0 Å². The maximum atomic E-state index is 12.0. The average Bonchev–Trinajstić information content (AvgIpc) is 2.58. The second-order valence-corrected chi connectivity index (χ2v) is 4.76. The minimum absolute atomic E-state index is 0.0645. The summed E-state index contributed by atoms with van der Waals surface area (Å²) in [6, 6.07) is 1.69. The number of rotatable bonds is 2. The monoisotopic (exact) mass is 223 g/mol. The molecule has 0 atom stereocenters. The summed E-state index contributed by atoms with van der Waals surface area (Å²) in [5, 5.41) is 14.0. The van der Waals surface area contributed by atoms with Crippen molar-refractivity contribution in [2.45, 2.75) is 19.4 Å². The number of amides is 1. The predicted molar refractivity (Wildman–Crippen MR) is 58.9 cm³/mol. The molecule has 88 valence electrons. The first kappa shape index (κ1) is 11.1. The van der Waals surface area contributed by atoms with Gasteiger partial charge in [-0.25, -0.2) is 0 Å². The van der Waals surface area contributed by atoms with Crippen LogP contribution in [0.25, 0.3) is 0 Å². The number of aromatic nitrogens is 2. The Bertz CT molecular complexity index is 405. The van der Waals surface area contributed by atoms with Crippen molar-refractivity contribution in [2.24, 2.45) is 13.0 Å². The van der Waals surface area contributed by atoms with Gasteiger partial charge in [0.2, 0.25) is 0 Å². The van der Waals surface area contributed by atoms with Crippen molar-refractivity contribution in [2.75, 3.05) is 13.1 Å². The maximum Gasteiger partial charge on any atom is 0.272 e. The molecular formula is C11H17N3O2. The first-order valence-corrected chi connectivity index (χ1v) is 5.44. The van der Waals surface area contributed by atoms with Gasteiger partial charge in [0.1, 0.15) is 11.3 Å². The molecule has 0 unspecified atom stereocenters. The van der Waals surface area contributed by atoms with Gasteiger partial charge in [-0.3, -0.25) is 9.48 Å². The Hall–Kier alpha value is -1.36. The minimum atomic E-state index is -0.714. The lowest BCUT2D eigenvalue weighted by Crippen LogP contribution is -2.66. The molecule has 0 radical (unpaired) electrons. The zero-order valence-electron chi connectivity index (χ0n) is 9.84. The second-order valence-electron chi connectivity index (χ2n) is 4.76. The van der Waals surface area contributed by atoms with Crippen molar-refractivity contribution in [1.82, 2.24) is 14.7 Å². The Labute approximate surface area is 94.7 Å². The van der Waals surface area contributed by atoms with Crippen molar-refractivity contribution in [3.05, 3.63) is 18.0 Å². The number of aliphatic hydroxyl groups is 1. The molecule has 0 spiro atoms. The van der Waals surface area contributed by atoms with Gasteiger partial charge in [-0.2, -0.15) is 5.10 Å². The SMILES string of the molecule is CC(C)C1(O)CN(C(=O)c2ccnn2C)C1. The third-order valence-corrected chi connectivity index (χ3v) is 3.33. The number of carbonyl (C=O) groups excluding carboxylic acids is 1. The summed E-state index contributed by atoms with van der Waals surface area (Å²) in [4.78, 5) is 13.6. The highest BCUT2D eigenvalue weighted by Gasteiger charge is 2.46. The first-order valence-electron chi connectivity index (χ1n) is 5.44. The van der Waals surface area contributed by atoms with Gasteiger partial charge in [0.05, 0.1) is 13.1 Å². The molecule has 1 N–H and O–H groups in total. The van der Waals surface area contributed by atoms with Gasteiger partial charge in [0.15, 0.2) is 0 Å². The van der Waals surface area contributed by atoms with E-state index in [9.17, 15) is 9.90 Å². The molecule has 1 aromatic rings. The topological polar surface area (TPSA) is 58.4 Å². The van der Waals surface area contributed by atoms with Crippen molar-refractivity contribution in [3.8, 4) is 0 Å². The van der Waals surface area contributed by atoms with Gasteiger partial charge in [-0.15, -0.1) is 0 Å². The van der Waals surface area contributed by atoms with E-state index in [0.717, 1.165) is 0 Å². The molecule has 1 aliphatic heterocycles. The Morgan fingerprint density at radius 2 is 2.19 bits per heavy atom. The number of likely N-dealkylation sites (tertiary alicyclic amines) is 1. The number of hydrogen-bond donors (Lipinski definition) is 1. The fourth-order valence-electron chi connectivity index (χ4n) is 1.87. The Morgan fingerprint density at radius 3 is 2.62 bits per heavy atom. The molecule has 0 bridgehead atoms. The van der Waals surface area contributed by atoms with E-state index in [1.807, 2.05) is 13.8 Å². The highest BCUT2D eigenvalue weighted by Crippen LogP contribution is 2.29. The zero-order valence-corrected chi connectivity index (χ0v) is 9.84. The number of β-amino-alcohol motifs (C(OH)–C–C–N with tert-alkyl or cyclic N) is 1. The van der Waals surface area contributed by atoms with Crippen LogP contribution in [0.1, 0.15) is 24.3 Å². The third-order valence-electron chi connectivity index (χ3n) is 3.33. The molecule has 5 nitrogen and oxygen atoms in total. The van der Waals surface area contributed by atoms with Gasteiger partial charge in [-0.05, 0) is 12.0 Å². The van der Waals surface area contributed by atoms with Gasteiger partial charge in [0.25, 0.3) is 5.91 Å². The highest BCUT2D eigenvalue weighted by atomic mass is 16.3. The molecule has 5 heteroatoms. The van der Waals surface area contributed by atoms with Gasteiger partial charge in [0, 0.05) is 13.2 Å². The molecule has 0 aliphatic carbocycles. The summed E-state index contributed by atoms with van der Waals surface area (Å²) >= 11 is 0. The molecule has 2 heterocycles. The van der Waals surface area contributed by atoms with Crippen molar-refractivity contribution < 1.29 is 9.90 Å². The lowest BCUT2D eigenvalue weighted by molar-refractivity contribution is -0.111. The smallest absolute Gasteiger partial charge is 0.272 e. The van der Waals surface area contributed by atoms with E-state index in [2.05, 4.69) is 5.10 Å². The summed E-state index contributed by atoms with van der Waals surface area (Å²) in [5.41, 5.74) is -0.153. The highest BCUT2D eigenvalue weighted by molar-refractivity contribution is 5.93. The minimum Gasteiger partial charge on any atom is -0.386 e. The molecule has 0 aromatic carbocycles. The van der Waals surface area contributed by atoms with Crippen LogP contribution in [0.4, 0.5) is 0 Å². The molecule has 16 heavy (non-hydrogen) atoms. The van der Waals surface area contributed by atoms with E-state index in [1.165, 1.54) is 0 Å². The molecule has 1 aliphatic rings. The molecule has 2 rings (SSSR count). The standard InChI is InChI=1S/C11H17N3O2/c1-8(2)11(16)6-14(7-11)10(15)9-4-5-12-13(9)3/h4-5,8,16H,6-7H2,1-3H3. The molecule has 1 aromatic heterocycles. The number of carbonyl (C=O) groups is 1. The lowest BCUT2D eigenvalue weighted by Gasteiger charge is -2.48. The van der Waals surface area contributed by atoms with E-state index >= 15 is 0 Å². The Morgan fingerprint density at radius 1 is 1.56 bits per heavy atom. The van der Waals surface area contributed by atoms with Crippen LogP contribution in [-0.4, -0.2) is 44.4 Å². The van der Waals surface area contributed by atoms with Crippen LogP contribution in [0, 0.1) is 5.92 Å². The Balaban J connectivity index is 2.04. The molecule has 1 amide bonds. The summed E-state index contributed by atoms with van der Waals surface area (Å²) in [5.74, 6) is 0.105. The second kappa shape index (κ2) is 3.59. The van der Waals surface area contributed by atoms with E-state index in [4.69, 9.17) is 0 Å². The van der Waals surface area contributed by atoms with E-state index in [-0.39, 0.29) is 11.8 Å². The van der Waals surface area contributed by atoms with Crippen molar-refractivity contribution in [3.63, 3.8) is 0 Å². The van der Waals surface area contributed by atoms with Crippen LogP contribution in [-0.2, 0) is 7.05 Å². The summed E-state index contributed by atoms with van der Waals surface area (Å²) in [6.45, 7) is 4.75. The molecule has 0 saturated carbocycles. The number of aryl methyl sites for hydroxylation is 1. The predicted octanol–water partition coefficient (Wildman–Crippen LogP) is 0.263. The van der Waals surface area contributed by atoms with Crippen LogP contribution >= 0.6 is 0 Å². The summed E-state index contributed by atoms with van der Waals surface area (Å²) in [7, 11) is 1.74. The Kier molecular flexibility index (Phi) is 2.50. The molecular weight excluding hydrogens is 206 g/mol. The summed E-state index contributed by atoms with van der Waals surface area (Å²) in [6.07, 6.45) is 1.60. The van der Waals surface area contributed by atoms with Gasteiger partial charge >= 0.3 is 0 Å². The van der Waals surface area contributed by atoms with Crippen LogP contribution < -0.4 is 0 Å². The molecule has 1 fully saturated rings. The lowest BCUT2D eigenvalue weighted by atomic mass is 9.83. The van der Waals surface area contributed by atoms with E-state index in [1.54, 1.807) is 28.9 Å². The van der Waals surface area contributed by atoms with E-state index < -0.39 is 5.60 Å². The van der Waals surface area contributed by atoms with Crippen LogP contribution in [0.5, 0.6) is 0 Å². The van der Waals surface area contributed by atoms with Crippen LogP contribution in [0.15, 0.2) is 12.3 Å². The quantitative estimate of drug-likeness (QED) is 0.782. The largest absolute Gasteiger partial charge is 0.386 e. The first-order chi connectivity index (χ1) is 7.44. The summed E-state index contributed by atoms with van der Waals surface area (Å²) < 4.78 is 1.55. The average molecular weight is 223 g/mol. The van der Waals surface area contributed by atoms with Crippen LogP contribution in [0.3, 0.4) is 0 Å². The van der Waals surface area contributed by atoms with E-state index in [0.29, 0.717) is 18.8 Å². The third kappa shape index (κ3) is 1.61. The van der Waals surface area contributed by atoms with Gasteiger partial charge in [-0.1, -0.05) is 13.8 Å². The van der Waals surface area contributed by atoms with Crippen molar-refractivity contribution >= 4 is 5.91 Å². The zero-order chi connectivity index (χ0) is 11.9. The fourth-order valence-corrected chi connectivity index (χ4v) is 1.87. The maximum absolute atomic E-state index is 12.0. The van der Waals surface area contributed by atoms with Gasteiger partial charge < -0.3 is 10.0 Å². The number of nitrogens with zero attached hydrogens (tertiary/aromatic N) is 3. The fraction of sp³-hybridized carbons (Fsp3) is 0.636. The number of hydrogen-bond acceptors (Lipinski definition) is 3.